The Morgan fingerprint density at radius 2 is 1.94 bits per heavy atom. The number of rotatable bonds is 3. The molecule has 0 aliphatic heterocycles. The highest BCUT2D eigenvalue weighted by Crippen LogP contribution is 2.27. The summed E-state index contributed by atoms with van der Waals surface area (Å²) in [6.07, 6.45) is 6.65. The van der Waals surface area contributed by atoms with Crippen LogP contribution in [-0.4, -0.2) is 6.04 Å². The molecule has 86 valence electrons. The molecule has 0 amide bonds. The first-order valence-electron chi connectivity index (χ1n) is 5.53. The quantitative estimate of drug-likeness (QED) is 0.792. The maximum absolute atomic E-state index is 6.17. The Labute approximate surface area is 106 Å². The van der Waals surface area contributed by atoms with E-state index in [4.69, 9.17) is 23.2 Å². The summed E-state index contributed by atoms with van der Waals surface area (Å²) >= 11 is 12.0. The molecule has 3 heteroatoms. The van der Waals surface area contributed by atoms with Gasteiger partial charge in [0.25, 0.3) is 0 Å². The highest BCUT2D eigenvalue weighted by molar-refractivity contribution is 6.35. The molecule has 1 N–H and O–H groups in total. The maximum Gasteiger partial charge on any atom is 0.0468 e. The molecule has 1 aromatic carbocycles. The molecule has 0 heterocycles. The molecule has 0 spiro atoms. The zero-order chi connectivity index (χ0) is 11.5. The van der Waals surface area contributed by atoms with Gasteiger partial charge in [0, 0.05) is 22.1 Å². The summed E-state index contributed by atoms with van der Waals surface area (Å²) in [5.41, 5.74) is 1.11. The first kappa shape index (κ1) is 12.0. The third-order valence-corrected chi connectivity index (χ3v) is 3.48. The zero-order valence-corrected chi connectivity index (χ0v) is 10.7. The van der Waals surface area contributed by atoms with E-state index in [0.717, 1.165) is 23.4 Å². The minimum Gasteiger partial charge on any atom is -0.307 e. The monoisotopic (exact) mass is 255 g/mol. The average Bonchev–Trinajstić information content (AvgIpc) is 2.70. The van der Waals surface area contributed by atoms with Gasteiger partial charge in [-0.15, -0.1) is 0 Å². The Hall–Kier alpha value is -0.500. The van der Waals surface area contributed by atoms with E-state index < -0.39 is 0 Å². The van der Waals surface area contributed by atoms with Crippen molar-refractivity contribution < 1.29 is 0 Å². The smallest absolute Gasteiger partial charge is 0.0468 e. The van der Waals surface area contributed by atoms with Crippen molar-refractivity contribution >= 4 is 23.2 Å². The average molecular weight is 256 g/mol. The van der Waals surface area contributed by atoms with Gasteiger partial charge in [-0.2, -0.15) is 0 Å². The van der Waals surface area contributed by atoms with Gasteiger partial charge in [-0.05, 0) is 37.5 Å². The van der Waals surface area contributed by atoms with Gasteiger partial charge >= 0.3 is 0 Å². The van der Waals surface area contributed by atoms with Crippen LogP contribution >= 0.6 is 23.2 Å². The van der Waals surface area contributed by atoms with E-state index in [1.54, 1.807) is 6.07 Å². The second kappa shape index (κ2) is 5.22. The number of benzene rings is 1. The lowest BCUT2D eigenvalue weighted by atomic mass is 10.1. The fraction of sp³-hybridized carbons (Fsp3) is 0.385. The number of hydrogen-bond acceptors (Lipinski definition) is 1. The Morgan fingerprint density at radius 1 is 1.25 bits per heavy atom. The van der Waals surface area contributed by atoms with Crippen molar-refractivity contribution in [2.24, 2.45) is 0 Å². The summed E-state index contributed by atoms with van der Waals surface area (Å²) in [6.45, 7) is 2.13. The van der Waals surface area contributed by atoms with Crippen LogP contribution in [0, 0.1) is 0 Å². The van der Waals surface area contributed by atoms with Crippen molar-refractivity contribution in [3.8, 4) is 0 Å². The molecule has 0 saturated carbocycles. The first-order chi connectivity index (χ1) is 7.66. The molecule has 16 heavy (non-hydrogen) atoms. The van der Waals surface area contributed by atoms with Crippen LogP contribution in [-0.2, 0) is 0 Å². The summed E-state index contributed by atoms with van der Waals surface area (Å²) in [7, 11) is 0. The van der Waals surface area contributed by atoms with Gasteiger partial charge in [0.05, 0.1) is 0 Å². The first-order valence-corrected chi connectivity index (χ1v) is 6.28. The molecule has 1 aliphatic rings. The molecule has 2 rings (SSSR count). The van der Waals surface area contributed by atoms with E-state index in [-0.39, 0.29) is 6.04 Å². The third kappa shape index (κ3) is 2.79. The Bertz CT molecular complexity index is 393. The molecule has 0 saturated heterocycles. The summed E-state index contributed by atoms with van der Waals surface area (Å²) in [5, 5.41) is 4.98. The van der Waals surface area contributed by atoms with Gasteiger partial charge in [-0.3, -0.25) is 0 Å². The normalized spacial score (nSPS) is 17.9. The highest BCUT2D eigenvalue weighted by atomic mass is 35.5. The maximum atomic E-state index is 6.17. The molecule has 0 fully saturated rings. The van der Waals surface area contributed by atoms with Crippen molar-refractivity contribution in [2.75, 3.05) is 0 Å². The Balaban J connectivity index is 2.05. The van der Waals surface area contributed by atoms with Gasteiger partial charge < -0.3 is 5.32 Å². The number of hydrogen-bond donors (Lipinski definition) is 1. The van der Waals surface area contributed by atoms with Crippen LogP contribution in [0.5, 0.6) is 0 Å². The highest BCUT2D eigenvalue weighted by Gasteiger charge is 2.16. The fourth-order valence-corrected chi connectivity index (χ4v) is 2.62. The van der Waals surface area contributed by atoms with E-state index in [1.165, 1.54) is 0 Å². The molecule has 0 bridgehead atoms. The molecular formula is C13H15Cl2N. The SMILES string of the molecule is CC(NC1CC=CC1)c1ccc(Cl)cc1Cl. The minimum absolute atomic E-state index is 0.259. The van der Waals surface area contributed by atoms with E-state index in [9.17, 15) is 0 Å². The van der Waals surface area contributed by atoms with Crippen LogP contribution in [0.3, 0.4) is 0 Å². The van der Waals surface area contributed by atoms with Crippen LogP contribution in [0.2, 0.25) is 10.0 Å². The third-order valence-electron chi connectivity index (χ3n) is 2.92. The van der Waals surface area contributed by atoms with Crippen molar-refractivity contribution in [3.63, 3.8) is 0 Å². The molecule has 1 atom stereocenters. The Kier molecular flexibility index (Phi) is 3.91. The van der Waals surface area contributed by atoms with Gasteiger partial charge in [0.1, 0.15) is 0 Å². The van der Waals surface area contributed by atoms with Crippen molar-refractivity contribution in [1.29, 1.82) is 0 Å². The van der Waals surface area contributed by atoms with Crippen LogP contribution in [0.1, 0.15) is 31.4 Å². The van der Waals surface area contributed by atoms with E-state index >= 15 is 0 Å². The summed E-state index contributed by atoms with van der Waals surface area (Å²) in [5.74, 6) is 0. The standard InChI is InChI=1S/C13H15Cl2N/c1-9(16-11-4-2-3-5-11)12-7-6-10(14)8-13(12)15/h2-3,6-9,11,16H,4-5H2,1H3. The lowest BCUT2D eigenvalue weighted by molar-refractivity contribution is 0.471. The van der Waals surface area contributed by atoms with E-state index in [2.05, 4.69) is 24.4 Å². The van der Waals surface area contributed by atoms with E-state index in [1.807, 2.05) is 12.1 Å². The van der Waals surface area contributed by atoms with Crippen molar-refractivity contribution in [1.82, 2.24) is 5.32 Å². The fourth-order valence-electron chi connectivity index (χ4n) is 2.05. The van der Waals surface area contributed by atoms with Crippen LogP contribution in [0.25, 0.3) is 0 Å². The second-order valence-corrected chi connectivity index (χ2v) is 5.04. The van der Waals surface area contributed by atoms with Gasteiger partial charge in [0.15, 0.2) is 0 Å². The molecule has 1 aliphatic carbocycles. The second-order valence-electron chi connectivity index (χ2n) is 4.19. The lowest BCUT2D eigenvalue weighted by Gasteiger charge is -2.20. The van der Waals surface area contributed by atoms with Crippen LogP contribution in [0.15, 0.2) is 30.4 Å². The summed E-state index contributed by atoms with van der Waals surface area (Å²) < 4.78 is 0. The Morgan fingerprint density at radius 3 is 2.56 bits per heavy atom. The van der Waals surface area contributed by atoms with Crippen molar-refractivity contribution in [3.05, 3.63) is 46.0 Å². The minimum atomic E-state index is 0.259. The number of nitrogens with one attached hydrogen (secondary N) is 1. The van der Waals surface area contributed by atoms with E-state index in [0.29, 0.717) is 11.1 Å². The van der Waals surface area contributed by atoms with Crippen LogP contribution in [0.4, 0.5) is 0 Å². The molecule has 1 aromatic rings. The topological polar surface area (TPSA) is 12.0 Å². The molecule has 1 unspecified atom stereocenters. The molecule has 1 nitrogen and oxygen atoms in total. The zero-order valence-electron chi connectivity index (χ0n) is 9.21. The summed E-state index contributed by atoms with van der Waals surface area (Å²) in [4.78, 5) is 0. The predicted molar refractivity (Wildman–Crippen MR) is 70.2 cm³/mol. The largest absolute Gasteiger partial charge is 0.307 e. The molecule has 0 aromatic heterocycles. The van der Waals surface area contributed by atoms with Gasteiger partial charge in [-0.25, -0.2) is 0 Å². The number of halogens is 2. The van der Waals surface area contributed by atoms with Crippen LogP contribution < -0.4 is 5.32 Å². The van der Waals surface area contributed by atoms with Crippen molar-refractivity contribution in [2.45, 2.75) is 31.8 Å². The predicted octanol–water partition coefficient (Wildman–Crippen LogP) is 4.36. The lowest BCUT2D eigenvalue weighted by Crippen LogP contribution is -2.29. The van der Waals surface area contributed by atoms with Gasteiger partial charge in [0.2, 0.25) is 0 Å². The molecule has 0 radical (unpaired) electrons. The van der Waals surface area contributed by atoms with Gasteiger partial charge in [-0.1, -0.05) is 41.4 Å². The summed E-state index contributed by atoms with van der Waals surface area (Å²) in [6, 6.07) is 6.47. The molecular weight excluding hydrogens is 241 g/mol.